The summed E-state index contributed by atoms with van der Waals surface area (Å²) in [5.74, 6) is 0.724. The predicted octanol–water partition coefficient (Wildman–Crippen LogP) is 3.58. The Morgan fingerprint density at radius 3 is 2.46 bits per heavy atom. The van der Waals surface area contributed by atoms with Crippen LogP contribution in [0.1, 0.15) is 37.8 Å². The predicted molar refractivity (Wildman–Crippen MR) is 96.9 cm³/mol. The van der Waals surface area contributed by atoms with Crippen LogP contribution in [0.5, 0.6) is 0 Å². The Hall–Kier alpha value is -2.08. The first-order valence-corrected chi connectivity index (χ1v) is 9.79. The van der Waals surface area contributed by atoms with E-state index in [2.05, 4.69) is 15.0 Å². The molecule has 2 N–H and O–H groups in total. The first-order chi connectivity index (χ1) is 11.4. The number of nitrogens with zero attached hydrogens (tertiary/aromatic N) is 1. The zero-order valence-electron chi connectivity index (χ0n) is 14.0. The van der Waals surface area contributed by atoms with Crippen LogP contribution in [0.15, 0.2) is 41.4 Å². The van der Waals surface area contributed by atoms with Crippen LogP contribution < -0.4 is 10.0 Å². The molecule has 128 valence electrons. The summed E-state index contributed by atoms with van der Waals surface area (Å²) in [4.78, 5) is 4.54. The molecule has 5 nitrogen and oxygen atoms in total. The first-order valence-electron chi connectivity index (χ1n) is 8.31. The topological polar surface area (TPSA) is 71.1 Å². The third-order valence-corrected chi connectivity index (χ3v) is 5.46. The second-order valence-corrected chi connectivity index (χ2v) is 8.16. The van der Waals surface area contributed by atoms with Crippen molar-refractivity contribution >= 4 is 21.5 Å². The SMILES string of the molecule is CC(C)Nc1ccc(NS(=O)(=O)c2ccc3c(c2)CCCC3)cn1. The molecule has 1 aromatic carbocycles. The molecule has 0 spiro atoms. The molecule has 0 fully saturated rings. The van der Waals surface area contributed by atoms with Gasteiger partial charge < -0.3 is 5.32 Å². The van der Waals surface area contributed by atoms with E-state index in [1.165, 1.54) is 18.2 Å². The lowest BCUT2D eigenvalue weighted by atomic mass is 9.92. The number of aromatic nitrogens is 1. The van der Waals surface area contributed by atoms with Gasteiger partial charge in [0.15, 0.2) is 0 Å². The molecular formula is C18H23N3O2S. The van der Waals surface area contributed by atoms with Crippen LogP contribution in [-0.4, -0.2) is 19.4 Å². The van der Waals surface area contributed by atoms with Crippen molar-refractivity contribution in [2.45, 2.75) is 50.5 Å². The molecule has 0 saturated carbocycles. The van der Waals surface area contributed by atoms with Crippen molar-refractivity contribution in [1.29, 1.82) is 0 Å². The van der Waals surface area contributed by atoms with Gasteiger partial charge >= 0.3 is 0 Å². The number of sulfonamides is 1. The lowest BCUT2D eigenvalue weighted by Gasteiger charge is -2.17. The first kappa shape index (κ1) is 16.8. The molecule has 24 heavy (non-hydrogen) atoms. The summed E-state index contributed by atoms with van der Waals surface area (Å²) in [6.07, 6.45) is 5.83. The summed E-state index contributed by atoms with van der Waals surface area (Å²) in [5.41, 5.74) is 2.88. The van der Waals surface area contributed by atoms with Gasteiger partial charge in [-0.15, -0.1) is 0 Å². The molecule has 1 aromatic heterocycles. The molecule has 1 aliphatic rings. The van der Waals surface area contributed by atoms with Gasteiger partial charge in [0.05, 0.1) is 16.8 Å². The number of fused-ring (bicyclic) bond motifs is 1. The van der Waals surface area contributed by atoms with Crippen LogP contribution in [0.2, 0.25) is 0 Å². The number of hydrogen-bond acceptors (Lipinski definition) is 4. The lowest BCUT2D eigenvalue weighted by molar-refractivity contribution is 0.600. The van der Waals surface area contributed by atoms with Crippen LogP contribution in [0.3, 0.4) is 0 Å². The zero-order valence-corrected chi connectivity index (χ0v) is 14.9. The van der Waals surface area contributed by atoms with Crippen LogP contribution >= 0.6 is 0 Å². The van der Waals surface area contributed by atoms with Crippen molar-refractivity contribution in [2.75, 3.05) is 10.0 Å². The fourth-order valence-corrected chi connectivity index (χ4v) is 4.02. The number of benzene rings is 1. The van der Waals surface area contributed by atoms with E-state index < -0.39 is 10.0 Å². The molecule has 6 heteroatoms. The zero-order chi connectivity index (χ0) is 17.2. The number of pyridine rings is 1. The number of anilines is 2. The van der Waals surface area contributed by atoms with E-state index in [9.17, 15) is 8.42 Å². The van der Waals surface area contributed by atoms with Crippen molar-refractivity contribution in [1.82, 2.24) is 4.98 Å². The fraction of sp³-hybridized carbons (Fsp3) is 0.389. The Morgan fingerprint density at radius 1 is 1.04 bits per heavy atom. The van der Waals surface area contributed by atoms with E-state index in [4.69, 9.17) is 0 Å². The van der Waals surface area contributed by atoms with Crippen LogP contribution in [0.25, 0.3) is 0 Å². The molecule has 0 atom stereocenters. The molecule has 3 rings (SSSR count). The minimum absolute atomic E-state index is 0.274. The van der Waals surface area contributed by atoms with Crippen molar-refractivity contribution in [3.05, 3.63) is 47.7 Å². The number of hydrogen-bond donors (Lipinski definition) is 2. The fourth-order valence-electron chi connectivity index (χ4n) is 2.93. The highest BCUT2D eigenvalue weighted by atomic mass is 32.2. The monoisotopic (exact) mass is 345 g/mol. The maximum atomic E-state index is 12.6. The summed E-state index contributed by atoms with van der Waals surface area (Å²) in [6.45, 7) is 4.04. The van der Waals surface area contributed by atoms with E-state index >= 15 is 0 Å². The van der Waals surface area contributed by atoms with Crippen molar-refractivity contribution in [2.24, 2.45) is 0 Å². The molecule has 0 unspecified atom stereocenters. The molecule has 0 bridgehead atoms. The highest BCUT2D eigenvalue weighted by Gasteiger charge is 2.18. The van der Waals surface area contributed by atoms with E-state index in [-0.39, 0.29) is 6.04 Å². The second kappa shape index (κ2) is 6.81. The summed E-state index contributed by atoms with van der Waals surface area (Å²) in [5, 5.41) is 3.17. The van der Waals surface area contributed by atoms with Gasteiger partial charge in [-0.2, -0.15) is 0 Å². The molecule has 0 radical (unpaired) electrons. The van der Waals surface area contributed by atoms with E-state index in [0.29, 0.717) is 10.6 Å². The largest absolute Gasteiger partial charge is 0.368 e. The van der Waals surface area contributed by atoms with Gasteiger partial charge in [-0.05, 0) is 74.9 Å². The third-order valence-electron chi connectivity index (χ3n) is 4.08. The maximum absolute atomic E-state index is 12.6. The van der Waals surface area contributed by atoms with Crippen LogP contribution in [-0.2, 0) is 22.9 Å². The highest BCUT2D eigenvalue weighted by molar-refractivity contribution is 7.92. The summed E-state index contributed by atoms with van der Waals surface area (Å²) in [7, 11) is -3.59. The van der Waals surface area contributed by atoms with Crippen molar-refractivity contribution in [3.63, 3.8) is 0 Å². The number of aryl methyl sites for hydroxylation is 2. The van der Waals surface area contributed by atoms with Gasteiger partial charge in [-0.3, -0.25) is 4.72 Å². The van der Waals surface area contributed by atoms with Crippen molar-refractivity contribution in [3.8, 4) is 0 Å². The highest BCUT2D eigenvalue weighted by Crippen LogP contribution is 2.25. The summed E-state index contributed by atoms with van der Waals surface area (Å²) >= 11 is 0. The Labute approximate surface area is 143 Å². The molecule has 0 aliphatic heterocycles. The normalized spacial score (nSPS) is 14.3. The van der Waals surface area contributed by atoms with E-state index in [1.807, 2.05) is 19.9 Å². The summed E-state index contributed by atoms with van der Waals surface area (Å²) < 4.78 is 27.8. The van der Waals surface area contributed by atoms with Gasteiger partial charge in [0, 0.05) is 6.04 Å². The molecule has 1 heterocycles. The Kier molecular flexibility index (Phi) is 4.76. The van der Waals surface area contributed by atoms with Gasteiger partial charge in [0.2, 0.25) is 0 Å². The van der Waals surface area contributed by atoms with E-state index in [0.717, 1.165) is 30.6 Å². The summed E-state index contributed by atoms with van der Waals surface area (Å²) in [6, 6.07) is 9.19. The second-order valence-electron chi connectivity index (χ2n) is 6.47. The average Bonchev–Trinajstić information content (AvgIpc) is 2.55. The van der Waals surface area contributed by atoms with Crippen LogP contribution in [0, 0.1) is 0 Å². The quantitative estimate of drug-likeness (QED) is 0.869. The van der Waals surface area contributed by atoms with Gasteiger partial charge in [0.25, 0.3) is 10.0 Å². The van der Waals surface area contributed by atoms with E-state index in [1.54, 1.807) is 24.3 Å². The standard InChI is InChI=1S/C18H23N3O2S/c1-13(2)20-18-10-8-16(12-19-18)21-24(22,23)17-9-7-14-5-3-4-6-15(14)11-17/h7-13,21H,3-6H2,1-2H3,(H,19,20). The van der Waals surface area contributed by atoms with Crippen LogP contribution in [0.4, 0.5) is 11.5 Å². The minimum atomic E-state index is -3.59. The Morgan fingerprint density at radius 2 is 1.79 bits per heavy atom. The average molecular weight is 345 g/mol. The third kappa shape index (κ3) is 3.87. The minimum Gasteiger partial charge on any atom is -0.368 e. The molecule has 1 aliphatic carbocycles. The maximum Gasteiger partial charge on any atom is 0.261 e. The Balaban J connectivity index is 1.78. The number of nitrogens with one attached hydrogen (secondary N) is 2. The van der Waals surface area contributed by atoms with Gasteiger partial charge in [0.1, 0.15) is 5.82 Å². The van der Waals surface area contributed by atoms with Gasteiger partial charge in [-0.1, -0.05) is 6.07 Å². The smallest absolute Gasteiger partial charge is 0.261 e. The molecule has 0 saturated heterocycles. The Bertz CT molecular complexity index is 815. The van der Waals surface area contributed by atoms with Gasteiger partial charge in [-0.25, -0.2) is 13.4 Å². The molecular weight excluding hydrogens is 322 g/mol. The molecule has 0 amide bonds. The molecule has 2 aromatic rings. The lowest BCUT2D eigenvalue weighted by Crippen LogP contribution is -2.15. The van der Waals surface area contributed by atoms with Crippen molar-refractivity contribution < 1.29 is 8.42 Å². The number of rotatable bonds is 5.